The maximum atomic E-state index is 14.7. The van der Waals surface area contributed by atoms with Gasteiger partial charge in [0.2, 0.25) is 10.0 Å². The van der Waals surface area contributed by atoms with E-state index in [1.165, 1.54) is 5.56 Å². The van der Waals surface area contributed by atoms with Gasteiger partial charge in [-0.1, -0.05) is 123 Å². The highest BCUT2D eigenvalue weighted by Crippen LogP contribution is 2.63. The number of hydrogen-bond donors (Lipinski definition) is 0. The molecule has 6 heteroatoms. The SMILES string of the molecule is COc1ccc([C@@H](Sc2ccc(C(C)(C)C)cc2)C2[C@@H](c3ccccc3)N(S(=O)(=O)c3ccc(C)cc3)[C@H]2c2ccccc2)cc1. The number of sulfonamides is 1. The lowest BCUT2D eigenvalue weighted by molar-refractivity contribution is 0.0146. The van der Waals surface area contributed by atoms with Crippen molar-refractivity contribution in [2.24, 2.45) is 5.92 Å². The van der Waals surface area contributed by atoms with E-state index in [1.54, 1.807) is 35.3 Å². The van der Waals surface area contributed by atoms with Crippen molar-refractivity contribution >= 4 is 21.8 Å². The average molecular weight is 648 g/mol. The monoisotopic (exact) mass is 647 g/mol. The topological polar surface area (TPSA) is 46.6 Å². The summed E-state index contributed by atoms with van der Waals surface area (Å²) in [5.41, 5.74) is 5.45. The second-order valence-electron chi connectivity index (χ2n) is 13.0. The van der Waals surface area contributed by atoms with E-state index in [1.807, 2.05) is 67.6 Å². The molecule has 1 unspecified atom stereocenters. The van der Waals surface area contributed by atoms with Crippen LogP contribution in [0.3, 0.4) is 0 Å². The number of ether oxygens (including phenoxy) is 1. The molecule has 6 rings (SSSR count). The molecule has 4 atom stereocenters. The molecular weight excluding hydrogens is 607 g/mol. The third kappa shape index (κ3) is 6.39. The normalized spacial score (nSPS) is 19.3. The van der Waals surface area contributed by atoms with Gasteiger partial charge >= 0.3 is 0 Å². The molecule has 5 aromatic carbocycles. The minimum absolute atomic E-state index is 0.0498. The Hall–Kier alpha value is -3.84. The molecule has 0 radical (unpaired) electrons. The van der Waals surface area contributed by atoms with Crippen LogP contribution in [0.5, 0.6) is 5.75 Å². The summed E-state index contributed by atoms with van der Waals surface area (Å²) in [6, 6.07) is 43.7. The fourth-order valence-corrected chi connectivity index (χ4v) is 9.61. The molecule has 1 aliphatic rings. The van der Waals surface area contributed by atoms with Crippen LogP contribution in [0, 0.1) is 12.8 Å². The van der Waals surface area contributed by atoms with Crippen LogP contribution < -0.4 is 4.74 Å². The maximum Gasteiger partial charge on any atom is 0.244 e. The molecule has 5 aromatic rings. The molecule has 0 N–H and O–H groups in total. The highest BCUT2D eigenvalue weighted by atomic mass is 32.2. The number of aryl methyl sites for hydroxylation is 1. The van der Waals surface area contributed by atoms with Gasteiger partial charge in [0, 0.05) is 16.1 Å². The minimum Gasteiger partial charge on any atom is -0.497 e. The molecule has 46 heavy (non-hydrogen) atoms. The molecule has 4 nitrogen and oxygen atoms in total. The van der Waals surface area contributed by atoms with Crippen LogP contribution in [0.1, 0.15) is 65.9 Å². The maximum absolute atomic E-state index is 14.7. The summed E-state index contributed by atoms with van der Waals surface area (Å²) >= 11 is 1.80. The first kappa shape index (κ1) is 32.1. The zero-order valence-electron chi connectivity index (χ0n) is 27.0. The molecule has 1 heterocycles. The molecule has 0 bridgehead atoms. The van der Waals surface area contributed by atoms with Gasteiger partial charge < -0.3 is 4.74 Å². The Labute approximate surface area is 278 Å². The number of hydrogen-bond acceptors (Lipinski definition) is 4. The number of methoxy groups -OCH3 is 1. The molecule has 1 fully saturated rings. The largest absolute Gasteiger partial charge is 0.497 e. The van der Waals surface area contributed by atoms with E-state index in [0.717, 1.165) is 32.9 Å². The Balaban J connectivity index is 1.53. The molecule has 1 saturated heterocycles. The Morgan fingerprint density at radius 1 is 0.696 bits per heavy atom. The number of rotatable bonds is 9. The van der Waals surface area contributed by atoms with Crippen LogP contribution in [0.25, 0.3) is 0 Å². The van der Waals surface area contributed by atoms with Gasteiger partial charge in [0.05, 0.1) is 24.1 Å². The predicted molar refractivity (Wildman–Crippen MR) is 189 cm³/mol. The lowest BCUT2D eigenvalue weighted by Crippen LogP contribution is -2.56. The third-order valence-electron chi connectivity index (χ3n) is 8.93. The summed E-state index contributed by atoms with van der Waals surface area (Å²) in [6.45, 7) is 8.64. The fraction of sp³-hybridized carbons (Fsp3) is 0.250. The van der Waals surface area contributed by atoms with E-state index in [-0.39, 0.29) is 28.7 Å². The van der Waals surface area contributed by atoms with Gasteiger partial charge in [-0.3, -0.25) is 0 Å². The summed E-state index contributed by atoms with van der Waals surface area (Å²) in [5, 5.41) is -0.0636. The second kappa shape index (κ2) is 13.1. The van der Waals surface area contributed by atoms with Crippen molar-refractivity contribution in [3.8, 4) is 5.75 Å². The van der Waals surface area contributed by atoms with E-state index < -0.39 is 10.0 Å². The number of thioether (sulfide) groups is 1. The van der Waals surface area contributed by atoms with Crippen molar-refractivity contribution in [3.05, 3.63) is 161 Å². The van der Waals surface area contributed by atoms with E-state index in [0.29, 0.717) is 4.90 Å². The molecule has 0 aliphatic carbocycles. The van der Waals surface area contributed by atoms with Gasteiger partial charge in [-0.2, -0.15) is 4.31 Å². The first-order valence-corrected chi connectivity index (χ1v) is 18.0. The van der Waals surface area contributed by atoms with Crippen molar-refractivity contribution in [2.75, 3.05) is 7.11 Å². The van der Waals surface area contributed by atoms with Gasteiger partial charge in [0.15, 0.2) is 0 Å². The standard InChI is InChI=1S/C40H41NO3S2/c1-28-16-26-35(27-17-28)46(42,43)41-37(29-12-8-6-9-13-29)36(38(41)30-14-10-7-11-15-30)39(31-18-22-33(44-5)23-19-31)45-34-24-20-32(21-25-34)40(2,3)4/h6-27,36-39H,1-5H3/t36?,37-,38+,39-/m1/s1. The molecule has 1 aliphatic heterocycles. The van der Waals surface area contributed by atoms with Crippen molar-refractivity contribution in [1.82, 2.24) is 4.31 Å². The number of benzene rings is 5. The summed E-state index contributed by atoms with van der Waals surface area (Å²) < 4.78 is 36.6. The molecule has 0 amide bonds. The Kier molecular flexibility index (Phi) is 9.15. The molecule has 0 saturated carbocycles. The van der Waals surface area contributed by atoms with E-state index in [9.17, 15) is 8.42 Å². The summed E-state index contributed by atoms with van der Waals surface area (Å²) in [4.78, 5) is 1.46. The smallest absolute Gasteiger partial charge is 0.244 e. The van der Waals surface area contributed by atoms with Gasteiger partial charge in [0.25, 0.3) is 0 Å². The Morgan fingerprint density at radius 2 is 1.22 bits per heavy atom. The van der Waals surface area contributed by atoms with E-state index in [2.05, 4.69) is 81.4 Å². The molecule has 0 aromatic heterocycles. The highest BCUT2D eigenvalue weighted by Gasteiger charge is 2.58. The van der Waals surface area contributed by atoms with E-state index in [4.69, 9.17) is 4.74 Å². The number of nitrogens with zero attached hydrogens (tertiary/aromatic N) is 1. The first-order valence-electron chi connectivity index (χ1n) is 15.7. The Morgan fingerprint density at radius 3 is 1.70 bits per heavy atom. The van der Waals surface area contributed by atoms with Crippen molar-refractivity contribution in [2.45, 2.75) is 60.2 Å². The average Bonchev–Trinajstić information content (AvgIpc) is 3.05. The molecule has 0 spiro atoms. The van der Waals surface area contributed by atoms with Crippen LogP contribution in [-0.2, 0) is 15.4 Å². The summed E-state index contributed by atoms with van der Waals surface area (Å²) in [6.07, 6.45) is 0. The van der Waals surface area contributed by atoms with Crippen LogP contribution in [0.4, 0.5) is 0 Å². The first-order chi connectivity index (χ1) is 22.1. The van der Waals surface area contributed by atoms with Crippen molar-refractivity contribution in [1.29, 1.82) is 0 Å². The predicted octanol–water partition coefficient (Wildman–Crippen LogP) is 9.94. The van der Waals surface area contributed by atoms with Gasteiger partial charge in [0.1, 0.15) is 5.75 Å². The fourth-order valence-electron chi connectivity index (χ4n) is 6.43. The molecular formula is C40H41NO3S2. The van der Waals surface area contributed by atoms with Gasteiger partial charge in [-0.05, 0) is 71.0 Å². The summed E-state index contributed by atoms with van der Waals surface area (Å²) in [7, 11) is -2.19. The van der Waals surface area contributed by atoms with Crippen molar-refractivity contribution in [3.63, 3.8) is 0 Å². The Bertz CT molecular complexity index is 1800. The third-order valence-corrected chi connectivity index (χ3v) is 12.2. The highest BCUT2D eigenvalue weighted by molar-refractivity contribution is 7.99. The zero-order valence-corrected chi connectivity index (χ0v) is 28.6. The van der Waals surface area contributed by atoms with Crippen LogP contribution in [0.15, 0.2) is 143 Å². The quantitative estimate of drug-likeness (QED) is 0.149. The minimum atomic E-state index is -3.86. The second-order valence-corrected chi connectivity index (χ2v) is 16.1. The summed E-state index contributed by atoms with van der Waals surface area (Å²) in [5.74, 6) is 0.712. The van der Waals surface area contributed by atoms with Gasteiger partial charge in [-0.15, -0.1) is 11.8 Å². The van der Waals surface area contributed by atoms with Crippen molar-refractivity contribution < 1.29 is 13.2 Å². The van der Waals surface area contributed by atoms with Crippen LogP contribution >= 0.6 is 11.8 Å². The molecule has 236 valence electrons. The lowest BCUT2D eigenvalue weighted by atomic mass is 9.72. The van der Waals surface area contributed by atoms with E-state index >= 15 is 0 Å². The lowest BCUT2D eigenvalue weighted by Gasteiger charge is -2.57. The van der Waals surface area contributed by atoms with Crippen LogP contribution in [0.2, 0.25) is 0 Å². The zero-order chi connectivity index (χ0) is 32.5. The van der Waals surface area contributed by atoms with Gasteiger partial charge in [-0.25, -0.2) is 8.42 Å². The van der Waals surface area contributed by atoms with Crippen LogP contribution in [-0.4, -0.2) is 19.8 Å².